The van der Waals surface area contributed by atoms with Crippen molar-refractivity contribution in [1.29, 1.82) is 0 Å². The van der Waals surface area contributed by atoms with Gasteiger partial charge in [0.2, 0.25) is 0 Å². The van der Waals surface area contributed by atoms with Crippen LogP contribution in [0.25, 0.3) is 0 Å². The van der Waals surface area contributed by atoms with Crippen molar-refractivity contribution in [3.05, 3.63) is 28.3 Å². The summed E-state index contributed by atoms with van der Waals surface area (Å²) in [5.74, 6) is -0.869. The average Bonchev–Trinajstić information content (AvgIpc) is 2.23. The Bertz CT molecular complexity index is 376. The fourth-order valence-electron chi connectivity index (χ4n) is 1.24. The Morgan fingerprint density at radius 1 is 1.53 bits per heavy atom. The summed E-state index contributed by atoms with van der Waals surface area (Å²) in [6, 6.07) is 2.86. The number of methoxy groups -OCH3 is 1. The number of esters is 1. The molecule has 1 aromatic carbocycles. The van der Waals surface area contributed by atoms with Crippen molar-refractivity contribution in [2.24, 2.45) is 0 Å². The third kappa shape index (κ3) is 2.40. The maximum absolute atomic E-state index is 11.2. The van der Waals surface area contributed by atoms with E-state index in [9.17, 15) is 9.90 Å². The van der Waals surface area contributed by atoms with Crippen LogP contribution in [0.5, 0.6) is 5.75 Å². The Morgan fingerprint density at radius 3 is 2.73 bits per heavy atom. The van der Waals surface area contributed by atoms with Crippen molar-refractivity contribution in [2.75, 3.05) is 13.7 Å². The second-order valence-electron chi connectivity index (χ2n) is 2.89. The van der Waals surface area contributed by atoms with Gasteiger partial charge in [-0.25, -0.2) is 4.79 Å². The molecule has 82 valence electrons. The van der Waals surface area contributed by atoms with Gasteiger partial charge in [-0.3, -0.25) is 0 Å². The van der Waals surface area contributed by atoms with E-state index in [0.29, 0.717) is 10.6 Å². The molecule has 0 spiro atoms. The molecule has 0 fully saturated rings. The molecule has 0 saturated carbocycles. The number of aliphatic hydroxyl groups excluding tert-OH is 1. The fraction of sp³-hybridized carbons (Fsp3) is 0.300. The number of halogens is 1. The average molecular weight is 231 g/mol. The predicted octanol–water partition coefficient (Wildman–Crippen LogP) is 1.37. The standard InChI is InChI=1S/C10H11ClO4/c1-15-10(14)7-2-3-8(11)6(4-5-12)9(7)13/h2-3,12-13H,4-5H2,1H3. The lowest BCUT2D eigenvalue weighted by atomic mass is 10.1. The van der Waals surface area contributed by atoms with Crippen LogP contribution in [0.2, 0.25) is 5.02 Å². The molecule has 0 atom stereocenters. The largest absolute Gasteiger partial charge is 0.507 e. The number of carbonyl (C=O) groups is 1. The van der Waals surface area contributed by atoms with Crippen LogP contribution in [0, 0.1) is 0 Å². The number of ether oxygens (including phenoxy) is 1. The highest BCUT2D eigenvalue weighted by atomic mass is 35.5. The summed E-state index contributed by atoms with van der Waals surface area (Å²) >= 11 is 5.80. The van der Waals surface area contributed by atoms with Gasteiger partial charge in [-0.05, 0) is 12.1 Å². The third-order valence-corrected chi connectivity index (χ3v) is 2.35. The minimum Gasteiger partial charge on any atom is -0.507 e. The van der Waals surface area contributed by atoms with Crippen LogP contribution < -0.4 is 0 Å². The van der Waals surface area contributed by atoms with Gasteiger partial charge in [0, 0.05) is 23.6 Å². The highest BCUT2D eigenvalue weighted by Gasteiger charge is 2.16. The summed E-state index contributed by atoms with van der Waals surface area (Å²) < 4.78 is 4.49. The first kappa shape index (κ1) is 11.8. The minimum atomic E-state index is -0.636. The van der Waals surface area contributed by atoms with Crippen molar-refractivity contribution in [1.82, 2.24) is 0 Å². The lowest BCUT2D eigenvalue weighted by Gasteiger charge is -2.09. The summed E-state index contributed by atoms with van der Waals surface area (Å²) in [4.78, 5) is 11.2. The van der Waals surface area contributed by atoms with E-state index in [1.54, 1.807) is 0 Å². The van der Waals surface area contributed by atoms with Gasteiger partial charge >= 0.3 is 5.97 Å². The van der Waals surface area contributed by atoms with Crippen LogP contribution in [-0.4, -0.2) is 29.9 Å². The zero-order chi connectivity index (χ0) is 11.4. The van der Waals surface area contributed by atoms with Crippen molar-refractivity contribution >= 4 is 17.6 Å². The molecular formula is C10H11ClO4. The van der Waals surface area contributed by atoms with Gasteiger partial charge < -0.3 is 14.9 Å². The Hall–Kier alpha value is -1.26. The van der Waals surface area contributed by atoms with E-state index in [4.69, 9.17) is 16.7 Å². The number of carbonyl (C=O) groups excluding carboxylic acids is 1. The molecule has 0 radical (unpaired) electrons. The summed E-state index contributed by atoms with van der Waals surface area (Å²) in [5, 5.41) is 18.8. The number of benzene rings is 1. The molecule has 0 unspecified atom stereocenters. The van der Waals surface area contributed by atoms with E-state index in [-0.39, 0.29) is 24.3 Å². The molecule has 0 aliphatic heterocycles. The molecule has 0 heterocycles. The Kier molecular flexibility index (Phi) is 3.94. The second-order valence-corrected chi connectivity index (χ2v) is 3.29. The minimum absolute atomic E-state index is 0.0466. The van der Waals surface area contributed by atoms with Crippen molar-refractivity contribution in [2.45, 2.75) is 6.42 Å². The van der Waals surface area contributed by atoms with Gasteiger partial charge in [-0.15, -0.1) is 0 Å². The van der Waals surface area contributed by atoms with Gasteiger partial charge in [-0.1, -0.05) is 11.6 Å². The topological polar surface area (TPSA) is 66.8 Å². The number of hydrogen-bond donors (Lipinski definition) is 2. The number of rotatable bonds is 3. The molecule has 1 aromatic rings. The fourth-order valence-corrected chi connectivity index (χ4v) is 1.48. The highest BCUT2D eigenvalue weighted by Crippen LogP contribution is 2.30. The van der Waals surface area contributed by atoms with Crippen LogP contribution in [0.1, 0.15) is 15.9 Å². The summed E-state index contributed by atoms with van der Waals surface area (Å²) in [6.45, 7) is -0.155. The van der Waals surface area contributed by atoms with E-state index in [0.717, 1.165) is 0 Å². The monoisotopic (exact) mass is 230 g/mol. The molecular weight excluding hydrogens is 220 g/mol. The summed E-state index contributed by atoms with van der Waals surface area (Å²) in [6.07, 6.45) is 0.190. The van der Waals surface area contributed by atoms with Crippen molar-refractivity contribution < 1.29 is 19.7 Å². The third-order valence-electron chi connectivity index (χ3n) is 1.99. The first-order valence-corrected chi connectivity index (χ1v) is 4.69. The lowest BCUT2D eigenvalue weighted by Crippen LogP contribution is -2.04. The smallest absolute Gasteiger partial charge is 0.341 e. The first-order valence-electron chi connectivity index (χ1n) is 4.31. The normalized spacial score (nSPS) is 10.1. The first-order chi connectivity index (χ1) is 7.11. The number of phenols is 1. The number of aliphatic hydroxyl groups is 1. The van der Waals surface area contributed by atoms with E-state index in [2.05, 4.69) is 4.74 Å². The van der Waals surface area contributed by atoms with Crippen LogP contribution in [0.3, 0.4) is 0 Å². The number of aromatic hydroxyl groups is 1. The zero-order valence-electron chi connectivity index (χ0n) is 8.16. The summed E-state index contributed by atoms with van der Waals surface area (Å²) in [7, 11) is 1.22. The molecule has 0 amide bonds. The van der Waals surface area contributed by atoms with Gasteiger partial charge in [-0.2, -0.15) is 0 Å². The highest BCUT2D eigenvalue weighted by molar-refractivity contribution is 6.31. The van der Waals surface area contributed by atoms with E-state index < -0.39 is 5.97 Å². The molecule has 4 nitrogen and oxygen atoms in total. The van der Waals surface area contributed by atoms with Gasteiger partial charge in [0.05, 0.1) is 7.11 Å². The number of hydrogen-bond acceptors (Lipinski definition) is 4. The molecule has 5 heteroatoms. The Balaban J connectivity index is 3.21. The number of phenolic OH excluding ortho intramolecular Hbond substituents is 1. The van der Waals surface area contributed by atoms with Crippen LogP contribution in [0.15, 0.2) is 12.1 Å². The zero-order valence-corrected chi connectivity index (χ0v) is 8.91. The van der Waals surface area contributed by atoms with Gasteiger partial charge in [0.25, 0.3) is 0 Å². The Morgan fingerprint density at radius 2 is 2.20 bits per heavy atom. The molecule has 0 bridgehead atoms. The van der Waals surface area contributed by atoms with E-state index in [1.807, 2.05) is 0 Å². The van der Waals surface area contributed by atoms with Gasteiger partial charge in [0.15, 0.2) is 0 Å². The quantitative estimate of drug-likeness (QED) is 0.770. The second kappa shape index (κ2) is 5.00. The molecule has 0 aliphatic rings. The SMILES string of the molecule is COC(=O)c1ccc(Cl)c(CCO)c1O. The predicted molar refractivity (Wildman–Crippen MR) is 55.2 cm³/mol. The van der Waals surface area contributed by atoms with Crippen LogP contribution in [0.4, 0.5) is 0 Å². The van der Waals surface area contributed by atoms with Gasteiger partial charge in [0.1, 0.15) is 11.3 Å². The molecule has 2 N–H and O–H groups in total. The Labute approximate surface area is 92.1 Å². The molecule has 0 aliphatic carbocycles. The van der Waals surface area contributed by atoms with Crippen LogP contribution >= 0.6 is 11.6 Å². The van der Waals surface area contributed by atoms with Crippen molar-refractivity contribution in [3.8, 4) is 5.75 Å². The molecule has 0 aromatic heterocycles. The van der Waals surface area contributed by atoms with E-state index in [1.165, 1.54) is 19.2 Å². The molecule has 1 rings (SSSR count). The van der Waals surface area contributed by atoms with Crippen molar-refractivity contribution in [3.63, 3.8) is 0 Å². The molecule has 0 saturated heterocycles. The maximum atomic E-state index is 11.2. The van der Waals surface area contributed by atoms with Crippen LogP contribution in [-0.2, 0) is 11.2 Å². The van der Waals surface area contributed by atoms with E-state index >= 15 is 0 Å². The maximum Gasteiger partial charge on any atom is 0.341 e. The molecule has 15 heavy (non-hydrogen) atoms. The lowest BCUT2D eigenvalue weighted by molar-refractivity contribution is 0.0597. The summed E-state index contributed by atoms with van der Waals surface area (Å²) in [5.41, 5.74) is 0.396.